The minimum Gasteiger partial charge on any atom is -0.480 e. The minimum atomic E-state index is -0.807. The van der Waals surface area contributed by atoms with Crippen LogP contribution in [-0.2, 0) is 17.8 Å². The van der Waals surface area contributed by atoms with Crippen LogP contribution in [0.3, 0.4) is 0 Å². The van der Waals surface area contributed by atoms with Crippen molar-refractivity contribution < 1.29 is 14.4 Å². The van der Waals surface area contributed by atoms with Crippen LogP contribution in [0.15, 0.2) is 4.52 Å². The number of likely N-dealkylation sites (tertiary alicyclic amines) is 1. The van der Waals surface area contributed by atoms with Crippen molar-refractivity contribution in [2.75, 3.05) is 6.54 Å². The molecule has 1 saturated heterocycles. The molecule has 0 radical (unpaired) electrons. The van der Waals surface area contributed by atoms with Crippen LogP contribution < -0.4 is 0 Å². The number of carboxylic acids is 1. The number of aliphatic carboxylic acids is 1. The van der Waals surface area contributed by atoms with Crippen molar-refractivity contribution in [1.82, 2.24) is 15.0 Å². The number of hydrogen-bond acceptors (Lipinski definition) is 5. The molecule has 0 aliphatic carbocycles. The fraction of sp³-hybridized carbons (Fsp3) is 0.769. The van der Waals surface area contributed by atoms with Gasteiger partial charge in [-0.1, -0.05) is 19.0 Å². The fourth-order valence-corrected chi connectivity index (χ4v) is 2.47. The number of carbonyl (C=O) groups is 1. The summed E-state index contributed by atoms with van der Waals surface area (Å²) in [6.45, 7) is 7.14. The topological polar surface area (TPSA) is 79.5 Å². The molecule has 6 nitrogen and oxygen atoms in total. The molecule has 6 heteroatoms. The van der Waals surface area contributed by atoms with Gasteiger partial charge in [-0.2, -0.15) is 4.98 Å². The van der Waals surface area contributed by atoms with Crippen LogP contribution in [0.1, 0.15) is 45.3 Å². The summed E-state index contributed by atoms with van der Waals surface area (Å²) < 4.78 is 5.18. The van der Waals surface area contributed by atoms with E-state index in [9.17, 15) is 9.90 Å². The van der Waals surface area contributed by atoms with Crippen molar-refractivity contribution in [3.8, 4) is 0 Å². The molecule has 106 valence electrons. The smallest absolute Gasteiger partial charge is 0.323 e. The molecule has 1 aliphatic rings. The van der Waals surface area contributed by atoms with E-state index < -0.39 is 11.5 Å². The highest BCUT2D eigenvalue weighted by Crippen LogP contribution is 2.30. The Morgan fingerprint density at radius 1 is 1.58 bits per heavy atom. The Hall–Kier alpha value is -1.43. The molecular formula is C13H21N3O3. The van der Waals surface area contributed by atoms with Crippen LogP contribution in [0.2, 0.25) is 0 Å². The maximum Gasteiger partial charge on any atom is 0.323 e. The molecule has 0 amide bonds. The molecule has 19 heavy (non-hydrogen) atoms. The summed E-state index contributed by atoms with van der Waals surface area (Å²) in [5.41, 5.74) is -0.807. The Balaban J connectivity index is 2.04. The molecule has 1 N–H and O–H groups in total. The molecule has 1 atom stereocenters. The van der Waals surface area contributed by atoms with E-state index in [-0.39, 0.29) is 0 Å². The predicted octanol–water partition coefficient (Wildman–Crippen LogP) is 1.71. The summed E-state index contributed by atoms with van der Waals surface area (Å²) in [6, 6.07) is 0. The molecule has 1 fully saturated rings. The van der Waals surface area contributed by atoms with E-state index in [1.165, 1.54) is 0 Å². The maximum atomic E-state index is 11.4. The largest absolute Gasteiger partial charge is 0.480 e. The molecule has 0 aromatic carbocycles. The van der Waals surface area contributed by atoms with Crippen molar-refractivity contribution in [2.24, 2.45) is 5.92 Å². The molecule has 1 aromatic heterocycles. The van der Waals surface area contributed by atoms with E-state index in [1.54, 1.807) is 6.92 Å². The molecule has 1 unspecified atom stereocenters. The summed E-state index contributed by atoms with van der Waals surface area (Å²) in [4.78, 5) is 17.6. The van der Waals surface area contributed by atoms with Crippen LogP contribution in [0.5, 0.6) is 0 Å². The highest BCUT2D eigenvalue weighted by molar-refractivity contribution is 5.78. The lowest BCUT2D eigenvalue weighted by Crippen LogP contribution is -2.47. The van der Waals surface area contributed by atoms with Crippen molar-refractivity contribution >= 4 is 5.97 Å². The molecule has 0 bridgehead atoms. The summed E-state index contributed by atoms with van der Waals surface area (Å²) in [7, 11) is 0. The van der Waals surface area contributed by atoms with Gasteiger partial charge in [0.05, 0.1) is 6.54 Å². The lowest BCUT2D eigenvalue weighted by Gasteiger charge is -2.29. The van der Waals surface area contributed by atoms with Gasteiger partial charge in [-0.05, 0) is 32.2 Å². The van der Waals surface area contributed by atoms with Gasteiger partial charge in [-0.3, -0.25) is 9.69 Å². The van der Waals surface area contributed by atoms with Gasteiger partial charge in [-0.15, -0.1) is 0 Å². The van der Waals surface area contributed by atoms with Crippen molar-refractivity contribution in [2.45, 2.75) is 52.1 Å². The third-order valence-corrected chi connectivity index (χ3v) is 3.68. The number of aromatic nitrogens is 2. The van der Waals surface area contributed by atoms with Gasteiger partial charge in [0, 0.05) is 6.42 Å². The second-order valence-electron chi connectivity index (χ2n) is 5.81. The van der Waals surface area contributed by atoms with E-state index in [1.807, 2.05) is 4.90 Å². The van der Waals surface area contributed by atoms with Gasteiger partial charge >= 0.3 is 5.97 Å². The lowest BCUT2D eigenvalue weighted by atomic mass is 9.99. The lowest BCUT2D eigenvalue weighted by molar-refractivity contribution is -0.149. The van der Waals surface area contributed by atoms with E-state index >= 15 is 0 Å². The monoisotopic (exact) mass is 267 g/mol. The molecule has 1 aromatic rings. The first-order valence-electron chi connectivity index (χ1n) is 6.71. The average molecular weight is 267 g/mol. The summed E-state index contributed by atoms with van der Waals surface area (Å²) in [6.07, 6.45) is 2.31. The first kappa shape index (κ1) is 14.0. The number of carboxylic acid groups (broad SMARTS) is 1. The van der Waals surface area contributed by atoms with Crippen molar-refractivity contribution in [1.29, 1.82) is 0 Å². The highest BCUT2D eigenvalue weighted by atomic mass is 16.5. The molecule has 0 saturated carbocycles. The molecule has 0 spiro atoms. The van der Waals surface area contributed by atoms with Crippen LogP contribution >= 0.6 is 0 Å². The van der Waals surface area contributed by atoms with Crippen LogP contribution in [0, 0.1) is 5.92 Å². The summed E-state index contributed by atoms with van der Waals surface area (Å²) >= 11 is 0. The predicted molar refractivity (Wildman–Crippen MR) is 68.5 cm³/mol. The third-order valence-electron chi connectivity index (χ3n) is 3.68. The maximum absolute atomic E-state index is 11.4. The summed E-state index contributed by atoms with van der Waals surface area (Å²) in [5, 5.41) is 13.3. The van der Waals surface area contributed by atoms with Crippen LogP contribution in [-0.4, -0.2) is 38.2 Å². The third kappa shape index (κ3) is 2.94. The Kier molecular flexibility index (Phi) is 3.89. The standard InChI is InChI=1S/C13H21N3O3/c1-9(2)7-11-14-10(15-19-11)8-16-6-4-5-13(16,3)12(17)18/h9H,4-8H2,1-3H3,(H,17,18). The second kappa shape index (κ2) is 5.28. The van der Waals surface area contributed by atoms with Crippen molar-refractivity contribution in [3.05, 3.63) is 11.7 Å². The van der Waals surface area contributed by atoms with Gasteiger partial charge in [-0.25, -0.2) is 0 Å². The number of hydrogen-bond donors (Lipinski definition) is 1. The van der Waals surface area contributed by atoms with E-state index in [4.69, 9.17) is 4.52 Å². The van der Waals surface area contributed by atoms with Gasteiger partial charge in [0.15, 0.2) is 5.82 Å². The molecule has 1 aliphatic heterocycles. The first-order valence-corrected chi connectivity index (χ1v) is 6.71. The molecule has 2 rings (SSSR count). The number of rotatable bonds is 5. The Morgan fingerprint density at radius 3 is 2.95 bits per heavy atom. The van der Waals surface area contributed by atoms with Gasteiger partial charge in [0.25, 0.3) is 0 Å². The Morgan fingerprint density at radius 2 is 2.32 bits per heavy atom. The van der Waals surface area contributed by atoms with Gasteiger partial charge < -0.3 is 9.63 Å². The van der Waals surface area contributed by atoms with E-state index in [2.05, 4.69) is 24.0 Å². The fourth-order valence-electron chi connectivity index (χ4n) is 2.47. The zero-order valence-corrected chi connectivity index (χ0v) is 11.7. The molecular weight excluding hydrogens is 246 g/mol. The van der Waals surface area contributed by atoms with E-state index in [0.717, 1.165) is 19.4 Å². The number of nitrogens with zero attached hydrogens (tertiary/aromatic N) is 3. The highest BCUT2D eigenvalue weighted by Gasteiger charge is 2.43. The SMILES string of the molecule is CC(C)Cc1nc(CN2CCCC2(C)C(=O)O)no1. The minimum absolute atomic E-state index is 0.435. The van der Waals surface area contributed by atoms with E-state index in [0.29, 0.717) is 30.6 Å². The zero-order valence-electron chi connectivity index (χ0n) is 11.7. The Labute approximate surface area is 112 Å². The average Bonchev–Trinajstić information content (AvgIpc) is 2.88. The molecule has 2 heterocycles. The zero-order chi connectivity index (χ0) is 14.0. The second-order valence-corrected chi connectivity index (χ2v) is 5.81. The van der Waals surface area contributed by atoms with Crippen LogP contribution in [0.4, 0.5) is 0 Å². The van der Waals surface area contributed by atoms with Crippen LogP contribution in [0.25, 0.3) is 0 Å². The Bertz CT molecular complexity index is 458. The van der Waals surface area contributed by atoms with Crippen molar-refractivity contribution in [3.63, 3.8) is 0 Å². The summed E-state index contributed by atoms with van der Waals surface area (Å²) in [5.74, 6) is 0.881. The normalized spacial score (nSPS) is 24.2. The van der Waals surface area contributed by atoms with Gasteiger partial charge in [0.1, 0.15) is 5.54 Å². The quantitative estimate of drug-likeness (QED) is 0.874. The first-order chi connectivity index (χ1) is 8.91. The van der Waals surface area contributed by atoms with Gasteiger partial charge in [0.2, 0.25) is 5.89 Å².